The van der Waals surface area contributed by atoms with Gasteiger partial charge in [0.1, 0.15) is 6.20 Å². The zero-order valence-electron chi connectivity index (χ0n) is 13.0. The fraction of sp³-hybridized carbons (Fsp3) is 0.133. The Balaban J connectivity index is 0.000000219. The van der Waals surface area contributed by atoms with Crippen LogP contribution in [0.4, 0.5) is 5.00 Å². The van der Waals surface area contributed by atoms with Gasteiger partial charge in [-0.15, -0.1) is 0 Å². The van der Waals surface area contributed by atoms with Crippen LogP contribution in [0.2, 0.25) is 0 Å². The number of nitrogens with zero attached hydrogens (tertiary/aromatic N) is 4. The van der Waals surface area contributed by atoms with Crippen LogP contribution >= 0.6 is 11.3 Å². The van der Waals surface area contributed by atoms with Crippen molar-refractivity contribution in [1.82, 2.24) is 14.8 Å². The van der Waals surface area contributed by atoms with E-state index in [-0.39, 0.29) is 10.6 Å². The summed E-state index contributed by atoms with van der Waals surface area (Å²) in [4.78, 5) is 28.8. The highest BCUT2D eigenvalue weighted by Crippen LogP contribution is 2.14. The second-order valence-corrected chi connectivity index (χ2v) is 5.48. The summed E-state index contributed by atoms with van der Waals surface area (Å²) in [6, 6.07) is 9.46. The zero-order valence-corrected chi connectivity index (χ0v) is 13.9. The molecule has 0 aliphatic heterocycles. The Morgan fingerprint density at radius 3 is 2.58 bits per heavy atom. The van der Waals surface area contributed by atoms with E-state index in [0.29, 0.717) is 5.56 Å². The number of hydrogen-bond acceptors (Lipinski definition) is 6. The van der Waals surface area contributed by atoms with Crippen LogP contribution in [-0.4, -0.2) is 33.0 Å². The molecule has 0 bridgehead atoms. The van der Waals surface area contributed by atoms with Gasteiger partial charge < -0.3 is 0 Å². The Labute approximate surface area is 141 Å². The van der Waals surface area contributed by atoms with Crippen LogP contribution in [0, 0.1) is 17.0 Å². The highest BCUT2D eigenvalue weighted by Gasteiger charge is 2.09. The first-order valence-corrected chi connectivity index (χ1v) is 7.74. The van der Waals surface area contributed by atoms with Crippen molar-refractivity contribution in [3.63, 3.8) is 0 Å². The molecule has 1 aromatic carbocycles. The van der Waals surface area contributed by atoms with Crippen molar-refractivity contribution in [2.75, 3.05) is 7.05 Å². The Kier molecular flexibility index (Phi) is 5.74. The predicted molar refractivity (Wildman–Crippen MR) is 93.4 cm³/mol. The molecule has 0 spiro atoms. The van der Waals surface area contributed by atoms with E-state index < -0.39 is 4.92 Å². The highest BCUT2D eigenvalue weighted by atomic mass is 32.1. The summed E-state index contributed by atoms with van der Waals surface area (Å²) >= 11 is 1.02. The van der Waals surface area contributed by atoms with Gasteiger partial charge in [0.05, 0.1) is 21.7 Å². The minimum atomic E-state index is -0.461. The number of thiazole rings is 1. The third kappa shape index (κ3) is 4.02. The van der Waals surface area contributed by atoms with Crippen LogP contribution in [0.25, 0.3) is 5.69 Å². The number of H-pyrrole nitrogens is 1. The Bertz CT molecular complexity index is 882. The van der Waals surface area contributed by atoms with Gasteiger partial charge in [-0.05, 0) is 30.4 Å². The summed E-state index contributed by atoms with van der Waals surface area (Å²) in [5, 5.41) is 13.0. The average molecular weight is 345 g/mol. The second-order valence-electron chi connectivity index (χ2n) is 4.61. The van der Waals surface area contributed by atoms with Gasteiger partial charge >= 0.3 is 5.00 Å². The van der Waals surface area contributed by atoms with E-state index in [1.165, 1.54) is 16.4 Å². The lowest BCUT2D eigenvalue weighted by Gasteiger charge is -1.99. The van der Waals surface area contributed by atoms with Crippen molar-refractivity contribution in [3.05, 3.63) is 73.8 Å². The summed E-state index contributed by atoms with van der Waals surface area (Å²) in [7, 11) is 1.65. The lowest BCUT2D eigenvalue weighted by atomic mass is 10.3. The number of aryl methyl sites for hydroxylation is 1. The van der Waals surface area contributed by atoms with Crippen molar-refractivity contribution < 1.29 is 4.92 Å². The Morgan fingerprint density at radius 1 is 1.38 bits per heavy atom. The number of nitrogens with one attached hydrogen (secondary N) is 1. The van der Waals surface area contributed by atoms with Gasteiger partial charge in [0.15, 0.2) is 0 Å². The van der Waals surface area contributed by atoms with Crippen LogP contribution in [0.5, 0.6) is 0 Å². The van der Waals surface area contributed by atoms with Crippen LogP contribution in [0.1, 0.15) is 11.3 Å². The summed E-state index contributed by atoms with van der Waals surface area (Å²) in [6.45, 7) is 1.86. The minimum Gasteiger partial charge on any atom is -0.296 e. The van der Waals surface area contributed by atoms with Crippen molar-refractivity contribution in [3.8, 4) is 5.69 Å². The van der Waals surface area contributed by atoms with E-state index in [0.717, 1.165) is 22.7 Å². The molecular weight excluding hydrogens is 330 g/mol. The standard InChI is InChI=1S/C12H13N3O.C3H2N2O2S/c1-9-11(8-13-2)12(16)15(14-9)10-6-4-3-5-7-10;6-5(7)3-1-4-2-8-3/h3-8,14H,1-2H3;1-2H. The molecule has 2 heterocycles. The van der Waals surface area contributed by atoms with E-state index in [1.54, 1.807) is 13.3 Å². The quantitative estimate of drug-likeness (QED) is 0.447. The van der Waals surface area contributed by atoms with Crippen LogP contribution in [-0.2, 0) is 0 Å². The smallest absolute Gasteiger partial charge is 0.296 e. The number of rotatable bonds is 3. The molecule has 0 saturated heterocycles. The summed E-state index contributed by atoms with van der Waals surface area (Å²) in [6.07, 6.45) is 2.80. The topological polar surface area (TPSA) is 106 Å². The van der Waals surface area contributed by atoms with Gasteiger partial charge in [0.2, 0.25) is 0 Å². The van der Waals surface area contributed by atoms with Gasteiger partial charge in [0.25, 0.3) is 5.56 Å². The predicted octanol–water partition coefficient (Wildman–Crippen LogP) is 2.57. The van der Waals surface area contributed by atoms with Crippen molar-refractivity contribution in [2.45, 2.75) is 6.92 Å². The average Bonchev–Trinajstić information content (AvgIpc) is 3.21. The van der Waals surface area contributed by atoms with Crippen molar-refractivity contribution >= 4 is 22.6 Å². The molecule has 1 N–H and O–H groups in total. The SMILES string of the molecule is CN=Cc1c(C)[nH]n(-c2ccccc2)c1=O.O=[N+]([O-])c1cncs1. The van der Waals surface area contributed by atoms with E-state index in [2.05, 4.69) is 15.1 Å². The fourth-order valence-electron chi connectivity index (χ4n) is 1.90. The van der Waals surface area contributed by atoms with E-state index in [9.17, 15) is 14.9 Å². The molecule has 0 aliphatic rings. The first kappa shape index (κ1) is 17.3. The molecular formula is C15H15N5O3S. The molecule has 3 rings (SSSR count). The first-order chi connectivity index (χ1) is 11.5. The van der Waals surface area contributed by atoms with Gasteiger partial charge in [-0.25, -0.2) is 9.67 Å². The molecule has 0 atom stereocenters. The largest absolute Gasteiger partial charge is 0.343 e. The molecule has 0 amide bonds. The lowest BCUT2D eigenvalue weighted by Crippen LogP contribution is -2.17. The van der Waals surface area contributed by atoms with Crippen LogP contribution in [0.3, 0.4) is 0 Å². The number of benzene rings is 1. The molecule has 8 nitrogen and oxygen atoms in total. The molecule has 24 heavy (non-hydrogen) atoms. The maximum Gasteiger partial charge on any atom is 0.343 e. The van der Waals surface area contributed by atoms with Gasteiger partial charge in [-0.3, -0.25) is 25.0 Å². The molecule has 0 saturated carbocycles. The number of nitro groups is 1. The normalized spacial score (nSPS) is 10.4. The molecule has 0 fully saturated rings. The summed E-state index contributed by atoms with van der Waals surface area (Å²) < 4.78 is 1.52. The zero-order chi connectivity index (χ0) is 17.5. The number of aliphatic imine (C=N–C) groups is 1. The summed E-state index contributed by atoms with van der Waals surface area (Å²) in [5.74, 6) is 0. The molecule has 0 radical (unpaired) electrons. The highest BCUT2D eigenvalue weighted by molar-refractivity contribution is 7.12. The molecule has 3 aromatic rings. The molecule has 0 aliphatic carbocycles. The van der Waals surface area contributed by atoms with E-state index >= 15 is 0 Å². The third-order valence-electron chi connectivity index (χ3n) is 2.99. The lowest BCUT2D eigenvalue weighted by molar-refractivity contribution is -0.380. The molecule has 2 aromatic heterocycles. The molecule has 124 valence electrons. The number of aromatic amines is 1. The van der Waals surface area contributed by atoms with Crippen molar-refractivity contribution in [1.29, 1.82) is 0 Å². The number of hydrogen-bond donors (Lipinski definition) is 1. The molecule has 9 heteroatoms. The second kappa shape index (κ2) is 7.97. The number of para-hydroxylation sites is 1. The van der Waals surface area contributed by atoms with Crippen molar-refractivity contribution in [2.24, 2.45) is 4.99 Å². The fourth-order valence-corrected chi connectivity index (χ4v) is 2.34. The van der Waals surface area contributed by atoms with E-state index in [1.807, 2.05) is 37.3 Å². The summed E-state index contributed by atoms with van der Waals surface area (Å²) in [5.41, 5.74) is 3.60. The van der Waals surface area contributed by atoms with Crippen LogP contribution in [0.15, 0.2) is 51.8 Å². The van der Waals surface area contributed by atoms with Crippen LogP contribution < -0.4 is 5.56 Å². The van der Waals surface area contributed by atoms with E-state index in [4.69, 9.17) is 0 Å². The maximum absolute atomic E-state index is 12.0. The third-order valence-corrected chi connectivity index (χ3v) is 3.71. The minimum absolute atomic E-state index is 0.0747. The Hall–Kier alpha value is -3.07. The molecule has 0 unspecified atom stereocenters. The number of aromatic nitrogens is 3. The van der Waals surface area contributed by atoms with Gasteiger partial charge in [-0.2, -0.15) is 0 Å². The monoisotopic (exact) mass is 345 g/mol. The Morgan fingerprint density at radius 2 is 2.08 bits per heavy atom. The first-order valence-electron chi connectivity index (χ1n) is 6.86. The van der Waals surface area contributed by atoms with Gasteiger partial charge in [-0.1, -0.05) is 18.2 Å². The van der Waals surface area contributed by atoms with Gasteiger partial charge in [0, 0.05) is 19.0 Å². The maximum atomic E-state index is 12.0.